The lowest BCUT2D eigenvalue weighted by Crippen LogP contribution is -2.56. The fourth-order valence-electron chi connectivity index (χ4n) is 0.862. The third-order valence-electron chi connectivity index (χ3n) is 2.56. The van der Waals surface area contributed by atoms with Crippen LogP contribution >= 0.6 is 0 Å². The van der Waals surface area contributed by atoms with Crippen LogP contribution in [0.25, 0.3) is 0 Å². The topological polar surface area (TPSA) is 55.1 Å². The second-order valence-electron chi connectivity index (χ2n) is 4.44. The molecule has 0 rings (SSSR count). The molecule has 0 atom stereocenters. The minimum atomic E-state index is -0.786. The highest BCUT2D eigenvalue weighted by atomic mass is 16.2. The lowest BCUT2D eigenvalue weighted by Gasteiger charge is -2.31. The summed E-state index contributed by atoms with van der Waals surface area (Å²) in [5, 5.41) is 2.97. The number of rotatable bonds is 4. The standard InChI is InChI=1S/C10H22N2O/c1-6-10(5,7-2)12-8(13)9(3,4)11/h6-7,11H2,1-5H3,(H,12,13). The van der Waals surface area contributed by atoms with Gasteiger partial charge in [-0.05, 0) is 33.6 Å². The summed E-state index contributed by atoms with van der Waals surface area (Å²) in [7, 11) is 0. The summed E-state index contributed by atoms with van der Waals surface area (Å²) >= 11 is 0. The van der Waals surface area contributed by atoms with Crippen LogP contribution in [0.2, 0.25) is 0 Å². The Balaban J connectivity index is 4.35. The van der Waals surface area contributed by atoms with E-state index in [4.69, 9.17) is 5.73 Å². The number of amides is 1. The highest BCUT2D eigenvalue weighted by molar-refractivity contribution is 5.85. The van der Waals surface area contributed by atoms with Crippen LogP contribution in [0.15, 0.2) is 0 Å². The van der Waals surface area contributed by atoms with Gasteiger partial charge in [0, 0.05) is 5.54 Å². The molecule has 0 fully saturated rings. The molecular weight excluding hydrogens is 164 g/mol. The van der Waals surface area contributed by atoms with Gasteiger partial charge < -0.3 is 11.1 Å². The first kappa shape index (κ1) is 12.4. The summed E-state index contributed by atoms with van der Waals surface area (Å²) in [5.41, 5.74) is 4.78. The van der Waals surface area contributed by atoms with Gasteiger partial charge in [-0.3, -0.25) is 4.79 Å². The molecule has 1 amide bonds. The number of hydrogen-bond donors (Lipinski definition) is 2. The van der Waals surface area contributed by atoms with Gasteiger partial charge in [0.05, 0.1) is 5.54 Å². The fraction of sp³-hybridized carbons (Fsp3) is 0.900. The molecule has 0 aromatic carbocycles. The summed E-state index contributed by atoms with van der Waals surface area (Å²) in [6.45, 7) is 9.60. The lowest BCUT2D eigenvalue weighted by atomic mass is 9.93. The number of carbonyl (C=O) groups is 1. The van der Waals surface area contributed by atoms with Crippen molar-refractivity contribution >= 4 is 5.91 Å². The van der Waals surface area contributed by atoms with Crippen molar-refractivity contribution in [2.45, 2.75) is 58.5 Å². The molecule has 78 valence electrons. The zero-order valence-electron chi connectivity index (χ0n) is 9.40. The van der Waals surface area contributed by atoms with Crippen LogP contribution < -0.4 is 11.1 Å². The first-order chi connectivity index (χ1) is 5.75. The molecule has 3 heteroatoms. The second kappa shape index (κ2) is 4.09. The Labute approximate surface area is 81.1 Å². The summed E-state index contributed by atoms with van der Waals surface area (Å²) in [6.07, 6.45) is 1.84. The van der Waals surface area contributed by atoms with E-state index in [-0.39, 0.29) is 11.4 Å². The second-order valence-corrected chi connectivity index (χ2v) is 4.44. The maximum atomic E-state index is 11.6. The van der Waals surface area contributed by atoms with Crippen molar-refractivity contribution in [2.24, 2.45) is 5.73 Å². The highest BCUT2D eigenvalue weighted by Gasteiger charge is 2.28. The highest BCUT2D eigenvalue weighted by Crippen LogP contribution is 2.14. The molecule has 13 heavy (non-hydrogen) atoms. The van der Waals surface area contributed by atoms with Gasteiger partial charge in [0.25, 0.3) is 0 Å². The van der Waals surface area contributed by atoms with E-state index in [0.29, 0.717) is 0 Å². The smallest absolute Gasteiger partial charge is 0.239 e. The van der Waals surface area contributed by atoms with Crippen LogP contribution in [0, 0.1) is 0 Å². The Morgan fingerprint density at radius 1 is 1.23 bits per heavy atom. The minimum absolute atomic E-state index is 0.0845. The van der Waals surface area contributed by atoms with Crippen LogP contribution in [-0.4, -0.2) is 17.0 Å². The molecule has 0 bridgehead atoms. The number of hydrogen-bond acceptors (Lipinski definition) is 2. The number of carbonyl (C=O) groups excluding carboxylic acids is 1. The van der Waals surface area contributed by atoms with Crippen molar-refractivity contribution in [3.8, 4) is 0 Å². The Bertz CT molecular complexity index is 178. The van der Waals surface area contributed by atoms with Gasteiger partial charge in [-0.15, -0.1) is 0 Å². The lowest BCUT2D eigenvalue weighted by molar-refractivity contribution is -0.127. The largest absolute Gasteiger partial charge is 0.349 e. The Morgan fingerprint density at radius 3 is 1.85 bits per heavy atom. The summed E-state index contributed by atoms with van der Waals surface area (Å²) < 4.78 is 0. The molecule has 3 N–H and O–H groups in total. The van der Waals surface area contributed by atoms with Crippen molar-refractivity contribution in [3.63, 3.8) is 0 Å². The van der Waals surface area contributed by atoms with Crippen LogP contribution in [0.4, 0.5) is 0 Å². The normalized spacial score (nSPS) is 12.8. The van der Waals surface area contributed by atoms with Crippen molar-refractivity contribution in [3.05, 3.63) is 0 Å². The fourth-order valence-corrected chi connectivity index (χ4v) is 0.862. The van der Waals surface area contributed by atoms with E-state index >= 15 is 0 Å². The summed E-state index contributed by atoms with van der Waals surface area (Å²) in [6, 6.07) is 0. The molecule has 0 spiro atoms. The van der Waals surface area contributed by atoms with E-state index in [1.165, 1.54) is 0 Å². The predicted molar refractivity (Wildman–Crippen MR) is 55.4 cm³/mol. The third kappa shape index (κ3) is 3.77. The van der Waals surface area contributed by atoms with E-state index in [0.717, 1.165) is 12.8 Å². The molecule has 0 aliphatic carbocycles. The molecule has 0 saturated heterocycles. The molecule has 0 aliphatic heterocycles. The van der Waals surface area contributed by atoms with Crippen LogP contribution in [0.5, 0.6) is 0 Å². The molecule has 0 aliphatic rings. The molecule has 0 aromatic heterocycles. The van der Waals surface area contributed by atoms with Crippen molar-refractivity contribution < 1.29 is 4.79 Å². The first-order valence-corrected chi connectivity index (χ1v) is 4.86. The van der Waals surface area contributed by atoms with Gasteiger partial charge in [-0.2, -0.15) is 0 Å². The Hall–Kier alpha value is -0.570. The molecule has 3 nitrogen and oxygen atoms in total. The predicted octanol–water partition coefficient (Wildman–Crippen LogP) is 1.42. The zero-order chi connectivity index (χ0) is 10.7. The zero-order valence-corrected chi connectivity index (χ0v) is 9.40. The SMILES string of the molecule is CCC(C)(CC)NC(=O)C(C)(C)N. The van der Waals surface area contributed by atoms with Gasteiger partial charge in [0.1, 0.15) is 0 Å². The van der Waals surface area contributed by atoms with E-state index in [1.807, 2.05) is 6.92 Å². The Morgan fingerprint density at radius 2 is 1.62 bits per heavy atom. The van der Waals surface area contributed by atoms with Crippen molar-refractivity contribution in [1.82, 2.24) is 5.32 Å². The molecule has 0 heterocycles. The van der Waals surface area contributed by atoms with E-state index in [1.54, 1.807) is 13.8 Å². The van der Waals surface area contributed by atoms with Crippen LogP contribution in [0.1, 0.15) is 47.5 Å². The monoisotopic (exact) mass is 186 g/mol. The summed E-state index contributed by atoms with van der Waals surface area (Å²) in [4.78, 5) is 11.6. The average Bonchev–Trinajstić information content (AvgIpc) is 2.02. The van der Waals surface area contributed by atoms with E-state index < -0.39 is 5.54 Å². The average molecular weight is 186 g/mol. The van der Waals surface area contributed by atoms with Gasteiger partial charge in [0.2, 0.25) is 5.91 Å². The van der Waals surface area contributed by atoms with Crippen LogP contribution in [0.3, 0.4) is 0 Å². The van der Waals surface area contributed by atoms with E-state index in [9.17, 15) is 4.79 Å². The van der Waals surface area contributed by atoms with E-state index in [2.05, 4.69) is 19.2 Å². The molecule has 0 radical (unpaired) electrons. The minimum Gasteiger partial charge on any atom is -0.349 e. The molecule has 0 saturated carbocycles. The number of nitrogens with one attached hydrogen (secondary N) is 1. The van der Waals surface area contributed by atoms with Crippen molar-refractivity contribution in [2.75, 3.05) is 0 Å². The summed E-state index contributed by atoms with van der Waals surface area (Å²) in [5.74, 6) is -0.0845. The van der Waals surface area contributed by atoms with Crippen molar-refractivity contribution in [1.29, 1.82) is 0 Å². The molecule has 0 aromatic rings. The first-order valence-electron chi connectivity index (χ1n) is 4.86. The molecular formula is C10H22N2O. The van der Waals surface area contributed by atoms with Gasteiger partial charge in [0.15, 0.2) is 0 Å². The molecule has 0 unspecified atom stereocenters. The third-order valence-corrected chi connectivity index (χ3v) is 2.56. The maximum absolute atomic E-state index is 11.6. The Kier molecular flexibility index (Phi) is 3.91. The number of nitrogens with two attached hydrogens (primary N) is 1. The van der Waals surface area contributed by atoms with Crippen LogP contribution in [-0.2, 0) is 4.79 Å². The quantitative estimate of drug-likeness (QED) is 0.697. The van der Waals surface area contributed by atoms with Gasteiger partial charge in [-0.1, -0.05) is 13.8 Å². The van der Waals surface area contributed by atoms with Gasteiger partial charge >= 0.3 is 0 Å². The maximum Gasteiger partial charge on any atom is 0.239 e. The van der Waals surface area contributed by atoms with Gasteiger partial charge in [-0.25, -0.2) is 0 Å².